The van der Waals surface area contributed by atoms with Gasteiger partial charge in [-0.2, -0.15) is 4.90 Å². The second-order valence-corrected chi connectivity index (χ2v) is 14.3. The molecular formula is C49H44N3+. The van der Waals surface area contributed by atoms with Crippen molar-refractivity contribution < 1.29 is 4.57 Å². The van der Waals surface area contributed by atoms with Crippen LogP contribution < -0.4 is 9.47 Å². The first-order valence-electron chi connectivity index (χ1n) is 18.1. The molecule has 0 unspecified atom stereocenters. The third-order valence-electron chi connectivity index (χ3n) is 10.5. The van der Waals surface area contributed by atoms with Crippen molar-refractivity contribution in [2.75, 3.05) is 4.90 Å². The Morgan fingerprint density at radius 2 is 0.962 bits per heavy atom. The fourth-order valence-corrected chi connectivity index (χ4v) is 8.06. The number of rotatable bonds is 5. The number of aryl methyl sites for hydroxylation is 6. The predicted octanol–water partition coefficient (Wildman–Crippen LogP) is 12.6. The number of aliphatic imine (C=N–C) groups is 1. The van der Waals surface area contributed by atoms with Crippen LogP contribution in [0.2, 0.25) is 0 Å². The molecule has 0 N–H and O–H groups in total. The summed E-state index contributed by atoms with van der Waals surface area (Å²) in [6.45, 7) is 13.2. The van der Waals surface area contributed by atoms with Gasteiger partial charge >= 0.3 is 0 Å². The number of nitrogens with zero attached hydrogens (tertiary/aromatic N) is 3. The standard InChI is InChI=1S/C49H44N3/c1-31-16-18-37(19-17-31)41-26-32(2)48(33(3)27-41)39-22-20-38(21-23-39)42-28-34(4)49(35(5)29-42)40-24-25-51(7)47(30-40)52-36(6)50-45-14-10-8-12-43(45)44-13-9-11-15-46(44)52/h8-30H,1-7H3/q+1. The Balaban J connectivity index is 1.12. The van der Waals surface area contributed by atoms with Crippen molar-refractivity contribution in [3.63, 3.8) is 0 Å². The van der Waals surface area contributed by atoms with E-state index in [0.717, 1.165) is 28.6 Å². The van der Waals surface area contributed by atoms with E-state index in [4.69, 9.17) is 4.99 Å². The summed E-state index contributed by atoms with van der Waals surface area (Å²) in [6, 6.07) is 48.8. The molecular weight excluding hydrogens is 631 g/mol. The first kappa shape index (κ1) is 33.1. The van der Waals surface area contributed by atoms with Gasteiger partial charge in [0.05, 0.1) is 18.9 Å². The maximum absolute atomic E-state index is 5.12. The molecule has 0 spiro atoms. The second-order valence-electron chi connectivity index (χ2n) is 14.3. The molecule has 0 saturated carbocycles. The van der Waals surface area contributed by atoms with Gasteiger partial charge in [-0.25, -0.2) is 9.56 Å². The van der Waals surface area contributed by atoms with E-state index in [2.05, 4.69) is 198 Å². The molecule has 0 fully saturated rings. The third kappa shape index (κ3) is 5.92. The molecule has 0 bridgehead atoms. The van der Waals surface area contributed by atoms with Crippen LogP contribution in [0.1, 0.15) is 34.7 Å². The van der Waals surface area contributed by atoms with E-state index in [1.54, 1.807) is 0 Å². The molecule has 8 rings (SSSR count). The van der Waals surface area contributed by atoms with Crippen LogP contribution in [0, 0.1) is 34.6 Å². The van der Waals surface area contributed by atoms with Crippen LogP contribution in [-0.4, -0.2) is 5.84 Å². The molecule has 6 aromatic carbocycles. The third-order valence-corrected chi connectivity index (χ3v) is 10.5. The molecule has 1 aliphatic heterocycles. The van der Waals surface area contributed by atoms with E-state index in [-0.39, 0.29) is 0 Å². The SMILES string of the molecule is CC1=Nc2ccccc2-c2ccccc2N1c1cc(-c2c(C)cc(-c3ccc(-c4c(C)cc(-c5ccc(C)cc5)cc4C)cc3)cc2C)cc[n+]1C. The van der Waals surface area contributed by atoms with E-state index in [1.165, 1.54) is 77.9 Å². The Morgan fingerprint density at radius 1 is 0.462 bits per heavy atom. The number of hydrogen-bond acceptors (Lipinski definition) is 2. The molecule has 1 aromatic heterocycles. The largest absolute Gasteiger partial charge is 0.288 e. The number of aromatic nitrogens is 1. The summed E-state index contributed by atoms with van der Waals surface area (Å²) in [5.74, 6) is 2.00. The lowest BCUT2D eigenvalue weighted by atomic mass is 9.89. The lowest BCUT2D eigenvalue weighted by molar-refractivity contribution is -0.658. The van der Waals surface area contributed by atoms with Gasteiger partial charge in [0.25, 0.3) is 5.82 Å². The summed E-state index contributed by atoms with van der Waals surface area (Å²) in [7, 11) is 2.11. The number of para-hydroxylation sites is 2. The van der Waals surface area contributed by atoms with Gasteiger partial charge in [-0.3, -0.25) is 0 Å². The molecule has 0 atom stereocenters. The molecule has 254 valence electrons. The smallest absolute Gasteiger partial charge is 0.236 e. The first-order chi connectivity index (χ1) is 25.2. The van der Waals surface area contributed by atoms with Crippen molar-refractivity contribution in [1.29, 1.82) is 0 Å². The van der Waals surface area contributed by atoms with Crippen molar-refractivity contribution in [2.24, 2.45) is 12.0 Å². The highest BCUT2D eigenvalue weighted by molar-refractivity contribution is 6.09. The second kappa shape index (κ2) is 13.2. The first-order valence-corrected chi connectivity index (χ1v) is 18.1. The van der Waals surface area contributed by atoms with Crippen LogP contribution in [-0.2, 0) is 7.05 Å². The van der Waals surface area contributed by atoms with Gasteiger partial charge in [-0.1, -0.05) is 115 Å². The highest BCUT2D eigenvalue weighted by atomic mass is 15.3. The normalized spacial score (nSPS) is 12.2. The van der Waals surface area contributed by atoms with Crippen molar-refractivity contribution in [3.05, 3.63) is 167 Å². The summed E-state index contributed by atoms with van der Waals surface area (Å²) in [6.07, 6.45) is 2.17. The minimum Gasteiger partial charge on any atom is -0.236 e. The fourth-order valence-electron chi connectivity index (χ4n) is 8.06. The van der Waals surface area contributed by atoms with Crippen molar-refractivity contribution in [3.8, 4) is 55.6 Å². The van der Waals surface area contributed by atoms with E-state index in [1.807, 2.05) is 0 Å². The summed E-state index contributed by atoms with van der Waals surface area (Å²) >= 11 is 0. The molecule has 0 radical (unpaired) electrons. The summed E-state index contributed by atoms with van der Waals surface area (Å²) in [4.78, 5) is 7.41. The zero-order valence-corrected chi connectivity index (χ0v) is 31.1. The quantitative estimate of drug-likeness (QED) is 0.166. The van der Waals surface area contributed by atoms with E-state index in [9.17, 15) is 0 Å². The van der Waals surface area contributed by atoms with Gasteiger partial charge in [-0.05, 0) is 120 Å². The minimum atomic E-state index is 0.935. The fraction of sp³-hybridized carbons (Fsp3) is 0.143. The van der Waals surface area contributed by atoms with E-state index >= 15 is 0 Å². The number of pyridine rings is 1. The minimum absolute atomic E-state index is 0.935. The Hall–Kier alpha value is -6.06. The average Bonchev–Trinajstić information content (AvgIpc) is 3.25. The number of amidine groups is 1. The lowest BCUT2D eigenvalue weighted by Crippen LogP contribution is -2.39. The molecule has 52 heavy (non-hydrogen) atoms. The molecule has 1 aliphatic rings. The van der Waals surface area contributed by atoms with Gasteiger partial charge in [0, 0.05) is 24.1 Å². The van der Waals surface area contributed by atoms with Crippen molar-refractivity contribution >= 4 is 23.0 Å². The van der Waals surface area contributed by atoms with Crippen LogP contribution in [0.15, 0.2) is 145 Å². The summed E-state index contributed by atoms with van der Waals surface area (Å²) in [5, 5.41) is 0. The van der Waals surface area contributed by atoms with Crippen molar-refractivity contribution in [2.45, 2.75) is 41.5 Å². The number of hydrogen-bond donors (Lipinski definition) is 0. The van der Waals surface area contributed by atoms with Gasteiger partial charge in [-0.15, -0.1) is 0 Å². The summed E-state index contributed by atoms with van der Waals surface area (Å²) < 4.78 is 2.19. The van der Waals surface area contributed by atoms with Crippen LogP contribution >= 0.6 is 0 Å². The molecule has 2 heterocycles. The van der Waals surface area contributed by atoms with Gasteiger partial charge in [0.15, 0.2) is 5.84 Å². The van der Waals surface area contributed by atoms with Crippen LogP contribution in [0.25, 0.3) is 55.6 Å². The zero-order valence-electron chi connectivity index (χ0n) is 31.1. The predicted molar refractivity (Wildman–Crippen MR) is 220 cm³/mol. The van der Waals surface area contributed by atoms with Gasteiger partial charge in [0.1, 0.15) is 5.69 Å². The molecule has 0 amide bonds. The highest BCUT2D eigenvalue weighted by Gasteiger charge is 2.31. The van der Waals surface area contributed by atoms with E-state index in [0.29, 0.717) is 0 Å². The summed E-state index contributed by atoms with van der Waals surface area (Å²) in [5.41, 5.74) is 20.8. The topological polar surface area (TPSA) is 19.5 Å². The molecule has 3 nitrogen and oxygen atoms in total. The highest BCUT2D eigenvalue weighted by Crippen LogP contribution is 2.43. The Kier molecular flexibility index (Phi) is 8.43. The Morgan fingerprint density at radius 3 is 1.58 bits per heavy atom. The molecule has 0 saturated heterocycles. The maximum Gasteiger partial charge on any atom is 0.288 e. The van der Waals surface area contributed by atoms with E-state index < -0.39 is 0 Å². The number of benzene rings is 6. The molecule has 7 aromatic rings. The Bertz CT molecular complexity index is 2470. The van der Waals surface area contributed by atoms with Crippen LogP contribution in [0.5, 0.6) is 0 Å². The maximum atomic E-state index is 5.12. The average molecular weight is 675 g/mol. The van der Waals surface area contributed by atoms with Crippen LogP contribution in [0.4, 0.5) is 17.2 Å². The lowest BCUT2D eigenvalue weighted by Gasteiger charge is -2.20. The number of anilines is 2. The zero-order chi connectivity index (χ0) is 36.1. The molecule has 3 heteroatoms. The molecule has 0 aliphatic carbocycles. The van der Waals surface area contributed by atoms with Gasteiger partial charge in [0.2, 0.25) is 0 Å². The van der Waals surface area contributed by atoms with Crippen LogP contribution in [0.3, 0.4) is 0 Å². The number of fused-ring (bicyclic) bond motifs is 3. The monoisotopic (exact) mass is 674 g/mol. The Labute approximate surface area is 308 Å². The van der Waals surface area contributed by atoms with Gasteiger partial charge < -0.3 is 0 Å². The van der Waals surface area contributed by atoms with Crippen molar-refractivity contribution in [1.82, 2.24) is 0 Å².